The molecule has 29 heavy (non-hydrogen) atoms. The van der Waals surface area contributed by atoms with Crippen molar-refractivity contribution in [3.8, 4) is 17.0 Å². The monoisotopic (exact) mass is 390 g/mol. The molecule has 0 amide bonds. The van der Waals surface area contributed by atoms with Gasteiger partial charge in [0.05, 0.1) is 36.4 Å². The summed E-state index contributed by atoms with van der Waals surface area (Å²) in [6, 6.07) is 12.4. The van der Waals surface area contributed by atoms with E-state index in [9.17, 15) is 4.79 Å². The van der Waals surface area contributed by atoms with E-state index < -0.39 is 0 Å². The molecule has 150 valence electrons. The fourth-order valence-corrected chi connectivity index (χ4v) is 3.89. The number of hydrogen-bond acceptors (Lipinski definition) is 3. The number of imidazole rings is 2. The summed E-state index contributed by atoms with van der Waals surface area (Å²) >= 11 is 0. The van der Waals surface area contributed by atoms with Gasteiger partial charge in [-0.05, 0) is 55.2 Å². The lowest BCUT2D eigenvalue weighted by atomic mass is 10.0. The summed E-state index contributed by atoms with van der Waals surface area (Å²) in [7, 11) is 5.31. The molecule has 0 atom stereocenters. The van der Waals surface area contributed by atoms with Gasteiger partial charge in [-0.1, -0.05) is 12.1 Å². The van der Waals surface area contributed by atoms with Gasteiger partial charge in [0, 0.05) is 26.2 Å². The van der Waals surface area contributed by atoms with E-state index in [1.54, 1.807) is 16.2 Å². The van der Waals surface area contributed by atoms with Gasteiger partial charge < -0.3 is 9.30 Å². The molecule has 6 heteroatoms. The summed E-state index contributed by atoms with van der Waals surface area (Å²) in [4.78, 5) is 16.7. The van der Waals surface area contributed by atoms with E-state index in [0.717, 1.165) is 53.0 Å². The molecule has 0 aliphatic rings. The second kappa shape index (κ2) is 7.62. The maximum Gasteiger partial charge on any atom is 0.328 e. The summed E-state index contributed by atoms with van der Waals surface area (Å²) in [5, 5.41) is 0. The number of nitrogens with zero attached hydrogens (tertiary/aromatic N) is 4. The van der Waals surface area contributed by atoms with Crippen molar-refractivity contribution >= 4 is 11.0 Å². The molecular formula is C23H26N4O2. The van der Waals surface area contributed by atoms with Crippen LogP contribution in [-0.2, 0) is 27.1 Å². The highest BCUT2D eigenvalue weighted by molar-refractivity contribution is 5.84. The molecule has 0 spiro atoms. The highest BCUT2D eigenvalue weighted by atomic mass is 16.5. The van der Waals surface area contributed by atoms with Gasteiger partial charge in [0.15, 0.2) is 0 Å². The lowest BCUT2D eigenvalue weighted by Gasteiger charge is -2.12. The highest BCUT2D eigenvalue weighted by Gasteiger charge is 2.14. The van der Waals surface area contributed by atoms with Gasteiger partial charge in [0.1, 0.15) is 5.75 Å². The molecule has 0 N–H and O–H groups in total. The summed E-state index contributed by atoms with van der Waals surface area (Å²) in [6.07, 6.45) is 5.80. The quantitative estimate of drug-likeness (QED) is 0.505. The van der Waals surface area contributed by atoms with E-state index >= 15 is 0 Å². The molecule has 2 aromatic carbocycles. The van der Waals surface area contributed by atoms with Crippen LogP contribution in [0.1, 0.15) is 17.5 Å². The van der Waals surface area contributed by atoms with E-state index in [1.165, 1.54) is 5.56 Å². The first-order valence-electron chi connectivity index (χ1n) is 9.79. The second-order valence-corrected chi connectivity index (χ2v) is 7.48. The number of hydrogen-bond donors (Lipinski definition) is 0. The Hall–Kier alpha value is -3.28. The summed E-state index contributed by atoms with van der Waals surface area (Å²) in [5.74, 6) is 0.881. The van der Waals surface area contributed by atoms with E-state index in [0.29, 0.717) is 0 Å². The van der Waals surface area contributed by atoms with Gasteiger partial charge >= 0.3 is 5.69 Å². The molecule has 0 saturated heterocycles. The minimum atomic E-state index is -0.00968. The molecule has 0 bridgehead atoms. The molecule has 4 rings (SSSR count). The first-order chi connectivity index (χ1) is 14.0. The summed E-state index contributed by atoms with van der Waals surface area (Å²) in [6.45, 7) is 2.97. The first-order valence-corrected chi connectivity index (χ1v) is 9.79. The third-order valence-electron chi connectivity index (χ3n) is 5.63. The third-order valence-corrected chi connectivity index (χ3v) is 5.63. The molecule has 0 unspecified atom stereocenters. The Morgan fingerprint density at radius 2 is 1.72 bits per heavy atom. The minimum absolute atomic E-state index is 0.00968. The number of benzene rings is 2. The number of methoxy groups -OCH3 is 1. The molecule has 0 aliphatic heterocycles. The number of fused-ring (bicyclic) bond motifs is 1. The van der Waals surface area contributed by atoms with Crippen LogP contribution in [-0.4, -0.2) is 25.8 Å². The Morgan fingerprint density at radius 3 is 2.41 bits per heavy atom. The predicted molar refractivity (Wildman–Crippen MR) is 115 cm³/mol. The van der Waals surface area contributed by atoms with Crippen molar-refractivity contribution in [2.75, 3.05) is 7.11 Å². The van der Waals surface area contributed by atoms with Crippen LogP contribution >= 0.6 is 0 Å². The van der Waals surface area contributed by atoms with E-state index in [2.05, 4.69) is 40.7 Å². The van der Waals surface area contributed by atoms with Crippen LogP contribution < -0.4 is 10.4 Å². The number of ether oxygens (including phenoxy) is 1. The molecule has 0 radical (unpaired) electrons. The van der Waals surface area contributed by atoms with Crippen molar-refractivity contribution in [2.24, 2.45) is 14.1 Å². The van der Waals surface area contributed by atoms with Crippen LogP contribution in [0.3, 0.4) is 0 Å². The molecule has 4 aromatic rings. The smallest absolute Gasteiger partial charge is 0.328 e. The van der Waals surface area contributed by atoms with Crippen molar-refractivity contribution < 1.29 is 4.74 Å². The van der Waals surface area contributed by atoms with Crippen LogP contribution in [0.25, 0.3) is 22.3 Å². The maximum absolute atomic E-state index is 12.3. The van der Waals surface area contributed by atoms with E-state index in [1.807, 2.05) is 38.8 Å². The van der Waals surface area contributed by atoms with Gasteiger partial charge in [-0.15, -0.1) is 0 Å². The van der Waals surface area contributed by atoms with Crippen molar-refractivity contribution in [1.29, 1.82) is 0 Å². The number of aryl methyl sites for hydroxylation is 5. The van der Waals surface area contributed by atoms with Crippen molar-refractivity contribution in [1.82, 2.24) is 18.7 Å². The third kappa shape index (κ3) is 3.46. The number of aromatic nitrogens is 4. The number of rotatable bonds is 6. The largest absolute Gasteiger partial charge is 0.497 e. The maximum atomic E-state index is 12.3. The summed E-state index contributed by atoms with van der Waals surface area (Å²) < 4.78 is 10.8. The Morgan fingerprint density at radius 1 is 1.03 bits per heavy atom. The molecule has 0 aliphatic carbocycles. The van der Waals surface area contributed by atoms with Gasteiger partial charge in [-0.3, -0.25) is 9.13 Å². The molecule has 2 heterocycles. The molecule has 6 nitrogen and oxygen atoms in total. The van der Waals surface area contributed by atoms with E-state index in [-0.39, 0.29) is 5.69 Å². The van der Waals surface area contributed by atoms with Gasteiger partial charge in [-0.2, -0.15) is 0 Å². The fourth-order valence-electron chi connectivity index (χ4n) is 3.89. The normalized spacial score (nSPS) is 11.3. The van der Waals surface area contributed by atoms with Crippen molar-refractivity contribution in [3.63, 3.8) is 0 Å². The van der Waals surface area contributed by atoms with Gasteiger partial charge in [0.2, 0.25) is 0 Å². The van der Waals surface area contributed by atoms with Crippen LogP contribution in [0.2, 0.25) is 0 Å². The fraction of sp³-hybridized carbons (Fsp3) is 0.304. The van der Waals surface area contributed by atoms with Crippen LogP contribution in [0.15, 0.2) is 53.7 Å². The average molecular weight is 390 g/mol. The molecular weight excluding hydrogens is 364 g/mol. The molecule has 0 fully saturated rings. The Bertz CT molecular complexity index is 1210. The zero-order valence-corrected chi connectivity index (χ0v) is 17.3. The van der Waals surface area contributed by atoms with Crippen LogP contribution in [0.5, 0.6) is 5.75 Å². The van der Waals surface area contributed by atoms with Gasteiger partial charge in [-0.25, -0.2) is 9.78 Å². The second-order valence-electron chi connectivity index (χ2n) is 7.48. The lowest BCUT2D eigenvalue weighted by Crippen LogP contribution is -2.19. The molecule has 0 saturated carbocycles. The predicted octanol–water partition coefficient (Wildman–Crippen LogP) is 3.69. The first kappa shape index (κ1) is 19.1. The van der Waals surface area contributed by atoms with Crippen LogP contribution in [0.4, 0.5) is 0 Å². The van der Waals surface area contributed by atoms with Crippen LogP contribution in [0, 0.1) is 6.92 Å². The van der Waals surface area contributed by atoms with Crippen molar-refractivity contribution in [3.05, 3.63) is 70.5 Å². The lowest BCUT2D eigenvalue weighted by molar-refractivity contribution is 0.414. The standard InChI is InChI=1S/C23H26N4O2/c1-16-12-20-21(26(3)23(28)25(20)2)13-19(16)22-14-24-15-27(22)11-5-6-17-7-9-18(29-4)10-8-17/h7-10,12-15H,5-6,11H2,1-4H3. The highest BCUT2D eigenvalue weighted by Crippen LogP contribution is 2.28. The minimum Gasteiger partial charge on any atom is -0.497 e. The summed E-state index contributed by atoms with van der Waals surface area (Å²) in [5.41, 5.74) is 6.49. The van der Waals surface area contributed by atoms with E-state index in [4.69, 9.17) is 4.74 Å². The zero-order chi connectivity index (χ0) is 20.5. The molecule has 2 aromatic heterocycles. The van der Waals surface area contributed by atoms with Gasteiger partial charge in [0.25, 0.3) is 0 Å². The topological polar surface area (TPSA) is 54.0 Å². The average Bonchev–Trinajstić information content (AvgIpc) is 3.27. The SMILES string of the molecule is COc1ccc(CCCn2cncc2-c2cc3c(cc2C)n(C)c(=O)n3C)cc1. The van der Waals surface area contributed by atoms with Crippen molar-refractivity contribution in [2.45, 2.75) is 26.3 Å². The Labute approximate surface area is 170 Å². The Kier molecular flexibility index (Phi) is 5.01. The zero-order valence-electron chi connectivity index (χ0n) is 17.3. The Balaban J connectivity index is 1.58.